The molecule has 2 aromatic carbocycles. The second-order valence-electron chi connectivity index (χ2n) is 4.89. The molecule has 0 spiro atoms. The van der Waals surface area contributed by atoms with Gasteiger partial charge in [-0.25, -0.2) is 4.39 Å². The quantitative estimate of drug-likeness (QED) is 0.431. The van der Waals surface area contributed by atoms with Gasteiger partial charge in [0.05, 0.1) is 4.83 Å². The SMILES string of the molecule is Cc1ccc(F)cc1/C(=C(\OC=O)C(C)Br)c1ccccc1. The fourth-order valence-corrected chi connectivity index (χ4v) is 2.64. The lowest BCUT2D eigenvalue weighted by molar-refractivity contribution is -0.125. The molecule has 1 atom stereocenters. The first-order chi connectivity index (χ1) is 10.5. The second kappa shape index (κ2) is 7.36. The summed E-state index contributed by atoms with van der Waals surface area (Å²) in [7, 11) is 0. The van der Waals surface area contributed by atoms with Crippen LogP contribution in [0.5, 0.6) is 0 Å². The Bertz CT molecular complexity index is 693. The van der Waals surface area contributed by atoms with Crippen molar-refractivity contribution in [1.82, 2.24) is 0 Å². The highest BCUT2D eigenvalue weighted by atomic mass is 79.9. The third-order valence-electron chi connectivity index (χ3n) is 3.31. The average Bonchev–Trinajstić information content (AvgIpc) is 2.51. The Morgan fingerprint density at radius 1 is 1.23 bits per heavy atom. The van der Waals surface area contributed by atoms with Gasteiger partial charge in [-0.1, -0.05) is 52.3 Å². The Balaban J connectivity index is 2.78. The zero-order valence-corrected chi connectivity index (χ0v) is 13.9. The van der Waals surface area contributed by atoms with E-state index in [1.165, 1.54) is 12.1 Å². The van der Waals surface area contributed by atoms with Crippen molar-refractivity contribution in [2.45, 2.75) is 18.7 Å². The lowest BCUT2D eigenvalue weighted by Gasteiger charge is -2.18. The molecule has 0 bridgehead atoms. The molecule has 0 aliphatic rings. The number of carbonyl (C=O) groups excluding carboxylic acids is 1. The van der Waals surface area contributed by atoms with Gasteiger partial charge in [0.15, 0.2) is 0 Å². The Labute approximate surface area is 137 Å². The maximum Gasteiger partial charge on any atom is 0.298 e. The van der Waals surface area contributed by atoms with Gasteiger partial charge >= 0.3 is 0 Å². The van der Waals surface area contributed by atoms with Gasteiger partial charge < -0.3 is 4.74 Å². The van der Waals surface area contributed by atoms with E-state index in [1.54, 1.807) is 6.07 Å². The van der Waals surface area contributed by atoms with Crippen LogP contribution in [0.3, 0.4) is 0 Å². The second-order valence-corrected chi connectivity index (χ2v) is 6.27. The number of benzene rings is 2. The Morgan fingerprint density at radius 2 is 1.91 bits per heavy atom. The first kappa shape index (κ1) is 16.4. The average molecular weight is 363 g/mol. The molecular formula is C18H16BrFO2. The number of hydrogen-bond acceptors (Lipinski definition) is 2. The molecule has 2 nitrogen and oxygen atoms in total. The van der Waals surface area contributed by atoms with Crippen LogP contribution >= 0.6 is 15.9 Å². The van der Waals surface area contributed by atoms with Gasteiger partial charge in [0, 0.05) is 5.57 Å². The molecule has 2 rings (SSSR count). The van der Waals surface area contributed by atoms with E-state index in [1.807, 2.05) is 44.2 Å². The number of allylic oxidation sites excluding steroid dienone is 1. The minimum atomic E-state index is -0.332. The molecule has 22 heavy (non-hydrogen) atoms. The highest BCUT2D eigenvalue weighted by Gasteiger charge is 2.19. The third kappa shape index (κ3) is 3.63. The standard InChI is InChI=1S/C18H16BrFO2/c1-12-8-9-15(20)10-16(12)17(14-6-4-3-5-7-14)18(13(2)19)22-11-21/h3-11,13H,1-2H3/b18-17-. The van der Waals surface area contributed by atoms with Crippen LogP contribution in [0, 0.1) is 12.7 Å². The minimum absolute atomic E-state index is 0.199. The van der Waals surface area contributed by atoms with E-state index in [9.17, 15) is 9.18 Å². The summed E-state index contributed by atoms with van der Waals surface area (Å²) in [5.74, 6) is 0.122. The summed E-state index contributed by atoms with van der Waals surface area (Å²) in [6.07, 6.45) is 0. The molecule has 0 heterocycles. The molecule has 0 radical (unpaired) electrons. The highest BCUT2D eigenvalue weighted by Crippen LogP contribution is 2.33. The fourth-order valence-electron chi connectivity index (χ4n) is 2.30. The Morgan fingerprint density at radius 3 is 2.50 bits per heavy atom. The normalized spacial score (nSPS) is 13.3. The van der Waals surface area contributed by atoms with Crippen molar-refractivity contribution in [3.05, 3.63) is 76.8 Å². The summed E-state index contributed by atoms with van der Waals surface area (Å²) in [4.78, 5) is 10.7. The lowest BCUT2D eigenvalue weighted by atomic mass is 9.92. The fraction of sp³-hybridized carbons (Fsp3) is 0.167. The summed E-state index contributed by atoms with van der Waals surface area (Å²) < 4.78 is 18.9. The minimum Gasteiger partial charge on any atom is -0.431 e. The Kier molecular flexibility index (Phi) is 5.50. The number of halogens is 2. The summed E-state index contributed by atoms with van der Waals surface area (Å²) in [6, 6.07) is 14.1. The molecule has 1 unspecified atom stereocenters. The van der Waals surface area contributed by atoms with E-state index in [-0.39, 0.29) is 10.6 Å². The van der Waals surface area contributed by atoms with Crippen LogP contribution in [0.1, 0.15) is 23.6 Å². The maximum atomic E-state index is 13.7. The van der Waals surface area contributed by atoms with Gasteiger partial charge in [-0.15, -0.1) is 0 Å². The predicted octanol–water partition coefficient (Wildman–Crippen LogP) is 4.85. The number of hydrogen-bond donors (Lipinski definition) is 0. The first-order valence-electron chi connectivity index (χ1n) is 6.85. The molecule has 0 aliphatic heterocycles. The van der Waals surface area contributed by atoms with Gasteiger partial charge in [0.1, 0.15) is 11.6 Å². The van der Waals surface area contributed by atoms with Gasteiger partial charge in [0.25, 0.3) is 6.47 Å². The molecule has 0 saturated carbocycles. The van der Waals surface area contributed by atoms with E-state index in [4.69, 9.17) is 4.74 Å². The summed E-state index contributed by atoms with van der Waals surface area (Å²) in [5, 5.41) is 0. The Hall–Kier alpha value is -1.94. The van der Waals surface area contributed by atoms with E-state index in [0.29, 0.717) is 23.4 Å². The number of ether oxygens (including phenoxy) is 1. The van der Waals surface area contributed by atoms with Crippen LogP contribution in [-0.4, -0.2) is 11.3 Å². The van der Waals surface area contributed by atoms with Crippen LogP contribution in [0.4, 0.5) is 4.39 Å². The van der Waals surface area contributed by atoms with Gasteiger partial charge in [0.2, 0.25) is 0 Å². The third-order valence-corrected chi connectivity index (χ3v) is 3.73. The van der Waals surface area contributed by atoms with Crippen molar-refractivity contribution in [3.63, 3.8) is 0 Å². The molecule has 0 aliphatic carbocycles. The van der Waals surface area contributed by atoms with Crippen molar-refractivity contribution < 1.29 is 13.9 Å². The predicted molar refractivity (Wildman–Crippen MR) is 89.1 cm³/mol. The van der Waals surface area contributed by atoms with Crippen molar-refractivity contribution in [2.24, 2.45) is 0 Å². The van der Waals surface area contributed by atoms with Crippen LogP contribution in [0.25, 0.3) is 5.57 Å². The number of alkyl halides is 1. The zero-order chi connectivity index (χ0) is 16.1. The monoisotopic (exact) mass is 362 g/mol. The van der Waals surface area contributed by atoms with Crippen molar-refractivity contribution in [1.29, 1.82) is 0 Å². The van der Waals surface area contributed by atoms with Crippen LogP contribution in [0.2, 0.25) is 0 Å². The van der Waals surface area contributed by atoms with Crippen LogP contribution < -0.4 is 0 Å². The van der Waals surface area contributed by atoms with Crippen molar-refractivity contribution in [3.8, 4) is 0 Å². The van der Waals surface area contributed by atoms with E-state index >= 15 is 0 Å². The van der Waals surface area contributed by atoms with Gasteiger partial charge in [-0.2, -0.15) is 0 Å². The van der Waals surface area contributed by atoms with E-state index in [2.05, 4.69) is 15.9 Å². The van der Waals surface area contributed by atoms with Crippen LogP contribution in [-0.2, 0) is 9.53 Å². The first-order valence-corrected chi connectivity index (χ1v) is 7.76. The molecule has 2 aromatic rings. The molecule has 4 heteroatoms. The smallest absolute Gasteiger partial charge is 0.298 e. The molecule has 114 valence electrons. The van der Waals surface area contributed by atoms with E-state index < -0.39 is 0 Å². The largest absolute Gasteiger partial charge is 0.431 e. The lowest BCUT2D eigenvalue weighted by Crippen LogP contribution is -2.07. The molecule has 0 fully saturated rings. The van der Waals surface area contributed by atoms with Gasteiger partial charge in [-0.05, 0) is 42.7 Å². The molecule has 0 amide bonds. The maximum absolute atomic E-state index is 13.7. The number of rotatable bonds is 5. The summed E-state index contributed by atoms with van der Waals surface area (Å²) in [6.45, 7) is 4.15. The molecule has 0 aromatic heterocycles. The molecule has 0 N–H and O–H groups in total. The molecular weight excluding hydrogens is 347 g/mol. The topological polar surface area (TPSA) is 26.3 Å². The van der Waals surface area contributed by atoms with E-state index in [0.717, 1.165) is 11.1 Å². The van der Waals surface area contributed by atoms with Crippen molar-refractivity contribution in [2.75, 3.05) is 0 Å². The van der Waals surface area contributed by atoms with Gasteiger partial charge in [-0.3, -0.25) is 4.79 Å². The van der Waals surface area contributed by atoms with Crippen LogP contribution in [0.15, 0.2) is 54.3 Å². The summed E-state index contributed by atoms with van der Waals surface area (Å²) >= 11 is 3.44. The highest BCUT2D eigenvalue weighted by molar-refractivity contribution is 9.09. The zero-order valence-electron chi connectivity index (χ0n) is 12.3. The summed E-state index contributed by atoms with van der Waals surface area (Å²) in [5.41, 5.74) is 3.17. The van der Waals surface area contributed by atoms with Crippen molar-refractivity contribution >= 4 is 28.0 Å². The number of carbonyl (C=O) groups is 1. The molecule has 0 saturated heterocycles. The number of aryl methyl sites for hydroxylation is 1.